The molecule has 0 aliphatic carbocycles. The Morgan fingerprint density at radius 3 is 2.67 bits per heavy atom. The van der Waals surface area contributed by atoms with Crippen LogP contribution in [0.1, 0.15) is 0 Å². The van der Waals surface area contributed by atoms with Gasteiger partial charge in [-0.2, -0.15) is 5.10 Å². The largest absolute Gasteiger partial charge is 0.491 e. The number of rotatable bonds is 1. The van der Waals surface area contributed by atoms with Gasteiger partial charge in [0.1, 0.15) is 0 Å². The van der Waals surface area contributed by atoms with Gasteiger partial charge in [-0.15, -0.1) is 0 Å². The average molecular weight is 146 g/mol. The van der Waals surface area contributed by atoms with E-state index in [1.54, 1.807) is 7.05 Å². The second-order valence-corrected chi connectivity index (χ2v) is 1.92. The lowest BCUT2D eigenvalue weighted by Gasteiger charge is -1.92. The van der Waals surface area contributed by atoms with Gasteiger partial charge in [0.2, 0.25) is 0 Å². The molecule has 0 aliphatic heterocycles. The van der Waals surface area contributed by atoms with E-state index in [4.69, 9.17) is 16.3 Å². The fourth-order valence-corrected chi connectivity index (χ4v) is 0.644. The summed E-state index contributed by atoms with van der Waals surface area (Å²) in [7, 11) is 3.25. The summed E-state index contributed by atoms with van der Waals surface area (Å²) >= 11 is 5.65. The Labute approximate surface area is 58.2 Å². The zero-order valence-corrected chi connectivity index (χ0v) is 5.94. The third-order valence-electron chi connectivity index (χ3n) is 0.977. The van der Waals surface area contributed by atoms with Crippen molar-refractivity contribution >= 4 is 11.6 Å². The van der Waals surface area contributed by atoms with E-state index in [9.17, 15) is 0 Å². The van der Waals surface area contributed by atoms with Crippen LogP contribution in [0.15, 0.2) is 0 Å². The van der Waals surface area contributed by atoms with Crippen LogP contribution in [0.4, 0.5) is 0 Å². The number of halogens is 1. The van der Waals surface area contributed by atoms with Gasteiger partial charge in [-0.1, -0.05) is 11.6 Å². The van der Waals surface area contributed by atoms with Crippen LogP contribution in [-0.2, 0) is 7.05 Å². The highest BCUT2D eigenvalue weighted by molar-refractivity contribution is 6.30. The molecule has 0 bridgehead atoms. The molecule has 0 unspecified atom stereocenters. The molecule has 0 atom stereocenters. The Morgan fingerprint density at radius 2 is 2.44 bits per heavy atom. The van der Waals surface area contributed by atoms with Crippen molar-refractivity contribution in [2.24, 2.45) is 7.05 Å². The van der Waals surface area contributed by atoms with E-state index in [-0.39, 0.29) is 0 Å². The van der Waals surface area contributed by atoms with Crippen molar-refractivity contribution in [1.82, 2.24) is 9.78 Å². The van der Waals surface area contributed by atoms with E-state index in [1.165, 1.54) is 11.8 Å². The first-order valence-corrected chi connectivity index (χ1v) is 2.77. The van der Waals surface area contributed by atoms with E-state index in [0.29, 0.717) is 10.9 Å². The Hall–Kier alpha value is -0.700. The van der Waals surface area contributed by atoms with E-state index < -0.39 is 0 Å². The first-order chi connectivity index (χ1) is 4.25. The number of aromatic nitrogens is 2. The summed E-state index contributed by atoms with van der Waals surface area (Å²) in [5, 5.41) is 4.19. The zero-order chi connectivity index (χ0) is 6.85. The van der Waals surface area contributed by atoms with Crippen LogP contribution in [0, 0.1) is 6.20 Å². The van der Waals surface area contributed by atoms with Gasteiger partial charge in [-0.25, -0.2) is 0 Å². The van der Waals surface area contributed by atoms with Crippen molar-refractivity contribution in [3.05, 3.63) is 11.3 Å². The summed E-state index contributed by atoms with van der Waals surface area (Å²) < 4.78 is 6.28. The predicted octanol–water partition coefficient (Wildman–Crippen LogP) is 0.882. The Morgan fingerprint density at radius 1 is 1.78 bits per heavy atom. The number of ether oxygens (including phenoxy) is 1. The molecule has 4 heteroatoms. The maximum absolute atomic E-state index is 5.65. The molecule has 9 heavy (non-hydrogen) atoms. The van der Waals surface area contributed by atoms with Crippen LogP contribution in [-0.4, -0.2) is 16.9 Å². The van der Waals surface area contributed by atoms with Gasteiger partial charge in [0.25, 0.3) is 0 Å². The van der Waals surface area contributed by atoms with Crippen molar-refractivity contribution in [3.8, 4) is 5.75 Å². The molecule has 1 radical (unpaired) electrons. The standard InChI is InChI=1S/C5H6ClN2O/c1-8-5(6)4(9-2)3-7-8/h1-2H3. The van der Waals surface area contributed by atoms with Crippen LogP contribution >= 0.6 is 11.6 Å². The zero-order valence-electron chi connectivity index (χ0n) is 5.18. The summed E-state index contributed by atoms with van der Waals surface area (Å²) in [6.45, 7) is 0. The predicted molar refractivity (Wildman–Crippen MR) is 33.6 cm³/mol. The van der Waals surface area contributed by atoms with Gasteiger partial charge in [-0.05, 0) is 0 Å². The van der Waals surface area contributed by atoms with Gasteiger partial charge in [0.05, 0.1) is 7.11 Å². The smallest absolute Gasteiger partial charge is 0.185 e. The first-order valence-electron chi connectivity index (χ1n) is 2.40. The van der Waals surface area contributed by atoms with Gasteiger partial charge in [0.15, 0.2) is 17.1 Å². The Balaban J connectivity index is 3.04. The van der Waals surface area contributed by atoms with Crippen LogP contribution in [0.5, 0.6) is 5.75 Å². The number of hydrogen-bond acceptors (Lipinski definition) is 2. The number of aryl methyl sites for hydroxylation is 1. The molecule has 0 amide bonds. The maximum Gasteiger partial charge on any atom is 0.185 e. The molecule has 1 aromatic heterocycles. The SMILES string of the molecule is COc1[c]nn(C)c1Cl. The van der Waals surface area contributed by atoms with Crippen LogP contribution in [0.2, 0.25) is 5.15 Å². The molecule has 0 N–H and O–H groups in total. The van der Waals surface area contributed by atoms with Crippen LogP contribution in [0.25, 0.3) is 0 Å². The summed E-state index contributed by atoms with van der Waals surface area (Å²) in [5.41, 5.74) is 0. The van der Waals surface area contributed by atoms with Crippen molar-refractivity contribution < 1.29 is 4.74 Å². The molecule has 49 valence electrons. The van der Waals surface area contributed by atoms with E-state index in [0.717, 1.165) is 0 Å². The van der Waals surface area contributed by atoms with Crippen molar-refractivity contribution in [2.45, 2.75) is 0 Å². The Bertz CT molecular complexity index is 209. The monoisotopic (exact) mass is 145 g/mol. The molecule has 0 saturated carbocycles. The minimum Gasteiger partial charge on any atom is -0.491 e. The first kappa shape index (κ1) is 6.42. The molecule has 0 aromatic carbocycles. The third kappa shape index (κ3) is 1.00. The van der Waals surface area contributed by atoms with Crippen molar-refractivity contribution in [3.63, 3.8) is 0 Å². The van der Waals surface area contributed by atoms with Crippen molar-refractivity contribution in [1.29, 1.82) is 0 Å². The lowest BCUT2D eigenvalue weighted by atomic mass is 10.6. The highest BCUT2D eigenvalue weighted by Crippen LogP contribution is 2.20. The summed E-state index contributed by atoms with van der Waals surface area (Å²) in [6.07, 6.45) is 2.58. The maximum atomic E-state index is 5.65. The minimum absolute atomic E-state index is 0.470. The molecule has 1 aromatic rings. The Kier molecular flexibility index (Phi) is 1.62. The van der Waals surface area contributed by atoms with Gasteiger partial charge in [0, 0.05) is 7.05 Å². The molecular weight excluding hydrogens is 140 g/mol. The molecule has 3 nitrogen and oxygen atoms in total. The van der Waals surface area contributed by atoms with Crippen molar-refractivity contribution in [2.75, 3.05) is 7.11 Å². The lowest BCUT2D eigenvalue weighted by Crippen LogP contribution is -1.88. The number of nitrogens with zero attached hydrogens (tertiary/aromatic N) is 2. The summed E-state index contributed by atoms with van der Waals surface area (Å²) in [5.74, 6) is 0.485. The van der Waals surface area contributed by atoms with Crippen LogP contribution < -0.4 is 4.74 Å². The summed E-state index contributed by atoms with van der Waals surface area (Å²) in [4.78, 5) is 0. The molecule has 0 spiro atoms. The van der Waals surface area contributed by atoms with E-state index in [2.05, 4.69) is 11.3 Å². The molecule has 0 aliphatic rings. The molecule has 0 saturated heterocycles. The lowest BCUT2D eigenvalue weighted by molar-refractivity contribution is 0.413. The number of methoxy groups -OCH3 is 1. The molecule has 1 heterocycles. The van der Waals surface area contributed by atoms with Gasteiger partial charge in [-0.3, -0.25) is 4.68 Å². The van der Waals surface area contributed by atoms with Gasteiger partial charge < -0.3 is 4.74 Å². The van der Waals surface area contributed by atoms with Gasteiger partial charge >= 0.3 is 0 Å². The fourth-order valence-electron chi connectivity index (χ4n) is 0.487. The molecule has 0 fully saturated rings. The second-order valence-electron chi connectivity index (χ2n) is 1.56. The average Bonchev–Trinajstić information content (AvgIpc) is 2.15. The normalized spacial score (nSPS) is 9.67. The third-order valence-corrected chi connectivity index (χ3v) is 1.39. The quantitative estimate of drug-likeness (QED) is 0.587. The summed E-state index contributed by atoms with van der Waals surface area (Å²) in [6, 6.07) is 0. The topological polar surface area (TPSA) is 27.1 Å². The van der Waals surface area contributed by atoms with E-state index >= 15 is 0 Å². The minimum atomic E-state index is 0.470. The van der Waals surface area contributed by atoms with Crippen LogP contribution in [0.3, 0.4) is 0 Å². The highest BCUT2D eigenvalue weighted by Gasteiger charge is 2.03. The van der Waals surface area contributed by atoms with E-state index in [1.807, 2.05) is 0 Å². The second kappa shape index (κ2) is 2.27. The molecule has 1 rings (SSSR count). The highest BCUT2D eigenvalue weighted by atomic mass is 35.5. The molecular formula is C5H6ClN2O. The fraction of sp³-hybridized carbons (Fsp3) is 0.400. The number of hydrogen-bond donors (Lipinski definition) is 0.